The maximum atomic E-state index is 12.1. The number of fused-ring (bicyclic) bond motifs is 4. The molecule has 2 atom stereocenters. The number of phenols is 2. The predicted molar refractivity (Wildman–Crippen MR) is 174 cm³/mol. The van der Waals surface area contributed by atoms with Gasteiger partial charge in [-0.15, -0.1) is 0 Å². The number of benzene rings is 5. The molecular weight excluding hydrogens is 552 g/mol. The lowest BCUT2D eigenvalue weighted by Gasteiger charge is -2.22. The van der Waals surface area contributed by atoms with Crippen LogP contribution >= 0.6 is 0 Å². The zero-order valence-electron chi connectivity index (χ0n) is 25.6. The summed E-state index contributed by atoms with van der Waals surface area (Å²) in [6.07, 6.45) is 1.08. The van der Waals surface area contributed by atoms with Gasteiger partial charge < -0.3 is 29.2 Å². The molecule has 0 aliphatic carbocycles. The highest BCUT2D eigenvalue weighted by molar-refractivity contribution is 6.13. The fraction of sp³-hybridized carbons (Fsp3) is 0.316. The number of hydrogen-bond donors (Lipinski definition) is 2. The molecule has 226 valence electrons. The molecule has 1 saturated heterocycles. The lowest BCUT2D eigenvalue weighted by atomic mass is 9.85. The molecule has 5 aromatic rings. The minimum absolute atomic E-state index is 0.0577. The smallest absolute Gasteiger partial charge is 0.163 e. The summed E-state index contributed by atoms with van der Waals surface area (Å²) in [5, 5.41) is 27.6. The van der Waals surface area contributed by atoms with Gasteiger partial charge in [-0.25, -0.2) is 0 Å². The average molecular weight is 591 g/mol. The molecular formula is C38H38O6. The summed E-state index contributed by atoms with van der Waals surface area (Å²) >= 11 is 0. The van der Waals surface area contributed by atoms with Crippen molar-refractivity contribution in [2.45, 2.75) is 64.4 Å². The average Bonchev–Trinajstić information content (AvgIpc) is 3.30. The van der Waals surface area contributed by atoms with E-state index in [4.69, 9.17) is 18.9 Å². The molecule has 0 unspecified atom stereocenters. The summed E-state index contributed by atoms with van der Waals surface area (Å²) in [5.41, 5.74) is 3.54. The van der Waals surface area contributed by atoms with E-state index in [1.807, 2.05) is 92.7 Å². The van der Waals surface area contributed by atoms with Gasteiger partial charge in [-0.05, 0) is 88.8 Å². The molecule has 0 saturated carbocycles. The molecule has 0 amide bonds. The highest BCUT2D eigenvalue weighted by atomic mass is 16.8. The van der Waals surface area contributed by atoms with E-state index >= 15 is 0 Å². The predicted octanol–water partition coefficient (Wildman–Crippen LogP) is 8.93. The van der Waals surface area contributed by atoms with Crippen molar-refractivity contribution in [2.75, 3.05) is 13.2 Å². The maximum Gasteiger partial charge on any atom is 0.163 e. The SMILES string of the molecule is CC(C)c1cc2ccc3cc2c(c1O)-c1c(O)c(-c2ccccc2)cc2ccc(cc12)OCC[C@H]1OC(C)(C)O[C@@H]1CCO3. The van der Waals surface area contributed by atoms with Crippen molar-refractivity contribution in [3.8, 4) is 45.3 Å². The van der Waals surface area contributed by atoms with Crippen molar-refractivity contribution >= 4 is 21.5 Å². The van der Waals surface area contributed by atoms with Crippen molar-refractivity contribution in [1.82, 2.24) is 0 Å². The highest BCUT2D eigenvalue weighted by Crippen LogP contribution is 2.51. The fourth-order valence-corrected chi connectivity index (χ4v) is 6.70. The largest absolute Gasteiger partial charge is 0.507 e. The Kier molecular flexibility index (Phi) is 7.14. The zero-order valence-corrected chi connectivity index (χ0v) is 25.6. The van der Waals surface area contributed by atoms with Crippen molar-refractivity contribution in [1.29, 1.82) is 0 Å². The third-order valence-electron chi connectivity index (χ3n) is 8.79. The number of ether oxygens (including phenoxy) is 4. The first-order chi connectivity index (χ1) is 21.2. The van der Waals surface area contributed by atoms with Crippen LogP contribution in [0.25, 0.3) is 43.8 Å². The minimum Gasteiger partial charge on any atom is -0.507 e. The highest BCUT2D eigenvalue weighted by Gasteiger charge is 2.40. The van der Waals surface area contributed by atoms with Gasteiger partial charge in [-0.2, -0.15) is 0 Å². The number of phenolic OH excluding ortho intramolecular Hbond substituents is 2. The molecule has 5 aromatic carbocycles. The van der Waals surface area contributed by atoms with Crippen LogP contribution in [0.15, 0.2) is 78.9 Å². The lowest BCUT2D eigenvalue weighted by Crippen LogP contribution is -2.26. The van der Waals surface area contributed by atoms with Gasteiger partial charge >= 0.3 is 0 Å². The Morgan fingerprint density at radius 3 is 1.80 bits per heavy atom. The first kappa shape index (κ1) is 28.5. The number of aromatic hydroxyl groups is 2. The molecule has 0 spiro atoms. The van der Waals surface area contributed by atoms with E-state index in [2.05, 4.69) is 13.8 Å². The molecule has 0 radical (unpaired) electrons. The molecule has 4 bridgehead atoms. The van der Waals surface area contributed by atoms with Crippen LogP contribution in [0.3, 0.4) is 0 Å². The zero-order chi connectivity index (χ0) is 30.6. The minimum atomic E-state index is -0.673. The van der Waals surface area contributed by atoms with Gasteiger partial charge in [0.05, 0.1) is 25.4 Å². The van der Waals surface area contributed by atoms with E-state index in [0.29, 0.717) is 54.2 Å². The topological polar surface area (TPSA) is 77.4 Å². The van der Waals surface area contributed by atoms with Crippen LogP contribution in [-0.4, -0.2) is 41.4 Å². The van der Waals surface area contributed by atoms with Crippen LogP contribution in [0, 0.1) is 0 Å². The van der Waals surface area contributed by atoms with Crippen LogP contribution < -0.4 is 9.47 Å². The van der Waals surface area contributed by atoms with Gasteiger partial charge in [0.15, 0.2) is 5.79 Å². The van der Waals surface area contributed by atoms with E-state index in [9.17, 15) is 10.2 Å². The molecule has 2 aliphatic rings. The van der Waals surface area contributed by atoms with Gasteiger partial charge in [-0.1, -0.05) is 56.3 Å². The Bertz CT molecular complexity index is 1860. The van der Waals surface area contributed by atoms with Gasteiger partial charge in [0.2, 0.25) is 0 Å². The van der Waals surface area contributed by atoms with Gasteiger partial charge in [0.1, 0.15) is 23.0 Å². The molecule has 6 nitrogen and oxygen atoms in total. The van der Waals surface area contributed by atoms with E-state index in [0.717, 1.165) is 32.7 Å². The number of hydrogen-bond acceptors (Lipinski definition) is 6. The van der Waals surface area contributed by atoms with E-state index in [1.54, 1.807) is 0 Å². The Balaban J connectivity index is 1.50. The molecule has 7 rings (SSSR count). The summed E-state index contributed by atoms with van der Waals surface area (Å²) in [7, 11) is 0. The summed E-state index contributed by atoms with van der Waals surface area (Å²) in [5.74, 6) is 1.01. The molecule has 1 fully saturated rings. The van der Waals surface area contributed by atoms with Gasteiger partial charge in [0.25, 0.3) is 0 Å². The molecule has 2 aliphatic heterocycles. The Hall–Kier alpha value is -4.26. The van der Waals surface area contributed by atoms with Crippen LogP contribution in [0.4, 0.5) is 0 Å². The van der Waals surface area contributed by atoms with Crippen molar-refractivity contribution in [3.05, 3.63) is 84.4 Å². The molecule has 2 heterocycles. The van der Waals surface area contributed by atoms with Crippen LogP contribution in [0.2, 0.25) is 0 Å². The first-order valence-corrected chi connectivity index (χ1v) is 15.4. The second kappa shape index (κ2) is 11.0. The van der Waals surface area contributed by atoms with Gasteiger partial charge in [-0.3, -0.25) is 0 Å². The fourth-order valence-electron chi connectivity index (χ4n) is 6.70. The summed E-state index contributed by atoms with van der Waals surface area (Å²) in [4.78, 5) is 0. The molecule has 0 aromatic heterocycles. The molecule has 44 heavy (non-hydrogen) atoms. The summed E-state index contributed by atoms with van der Waals surface area (Å²) in [6, 6.07) is 25.8. The number of rotatable bonds is 2. The third-order valence-corrected chi connectivity index (χ3v) is 8.79. The Morgan fingerprint density at radius 2 is 1.23 bits per heavy atom. The third kappa shape index (κ3) is 5.12. The van der Waals surface area contributed by atoms with E-state index in [1.165, 1.54) is 0 Å². The first-order valence-electron chi connectivity index (χ1n) is 15.4. The van der Waals surface area contributed by atoms with E-state index < -0.39 is 5.79 Å². The van der Waals surface area contributed by atoms with E-state index in [-0.39, 0.29) is 29.6 Å². The van der Waals surface area contributed by atoms with Crippen LogP contribution in [0.5, 0.6) is 23.0 Å². The second-order valence-electron chi connectivity index (χ2n) is 12.6. The normalized spacial score (nSPS) is 19.8. The van der Waals surface area contributed by atoms with Gasteiger partial charge in [0, 0.05) is 29.5 Å². The van der Waals surface area contributed by atoms with Crippen molar-refractivity contribution in [3.63, 3.8) is 0 Å². The summed E-state index contributed by atoms with van der Waals surface area (Å²) in [6.45, 7) is 8.88. The second-order valence-corrected chi connectivity index (χ2v) is 12.6. The Labute approximate surface area is 257 Å². The van der Waals surface area contributed by atoms with Crippen LogP contribution in [0.1, 0.15) is 52.0 Å². The van der Waals surface area contributed by atoms with Crippen molar-refractivity contribution < 1.29 is 29.2 Å². The molecule has 2 N–H and O–H groups in total. The maximum absolute atomic E-state index is 12.1. The lowest BCUT2D eigenvalue weighted by molar-refractivity contribution is -0.147. The van der Waals surface area contributed by atoms with Crippen LogP contribution in [-0.2, 0) is 9.47 Å². The summed E-state index contributed by atoms with van der Waals surface area (Å²) < 4.78 is 25.1. The quantitative estimate of drug-likeness (QED) is 0.214. The standard InChI is InChI=1S/C38H38O6/c1-22(2)28-18-24-10-12-26-20-29(24)34(36(28)39)35-30-21-27(42-17-15-33-32(14-16-41-26)43-38(3,4)44-33)13-11-25(30)19-31(37(35)40)23-8-6-5-7-9-23/h5-13,18-22,32-33,39-40H,14-17H2,1-4H3/t32-,33-/m1/s1. The monoisotopic (exact) mass is 590 g/mol. The van der Waals surface area contributed by atoms with Crippen molar-refractivity contribution in [2.24, 2.45) is 0 Å². The Morgan fingerprint density at radius 1 is 0.682 bits per heavy atom. The molecule has 6 heteroatoms.